The minimum Gasteiger partial charge on any atom is -0.481 e. The summed E-state index contributed by atoms with van der Waals surface area (Å²) >= 11 is 0. The van der Waals surface area contributed by atoms with E-state index >= 15 is 0 Å². The Morgan fingerprint density at radius 1 is 0.903 bits per heavy atom. The van der Waals surface area contributed by atoms with Crippen LogP contribution < -0.4 is 0 Å². The summed E-state index contributed by atoms with van der Waals surface area (Å²) in [6, 6.07) is 9.16. The molecule has 0 bridgehead atoms. The van der Waals surface area contributed by atoms with Gasteiger partial charge in [-0.25, -0.2) is 0 Å². The molecule has 3 atom stereocenters. The Morgan fingerprint density at radius 3 is 1.77 bits per heavy atom. The van der Waals surface area contributed by atoms with Crippen LogP contribution in [0.1, 0.15) is 96.7 Å². The van der Waals surface area contributed by atoms with Crippen molar-refractivity contribution < 1.29 is 23.5 Å². The Kier molecular flexibility index (Phi) is 14.0. The van der Waals surface area contributed by atoms with Crippen LogP contribution >= 0.6 is 7.60 Å². The maximum Gasteiger partial charge on any atom is 0.338 e. The molecule has 0 heterocycles. The van der Waals surface area contributed by atoms with Gasteiger partial charge in [0.15, 0.2) is 0 Å². The molecule has 0 aliphatic carbocycles. The van der Waals surface area contributed by atoms with Crippen LogP contribution in [0.2, 0.25) is 0 Å². The highest BCUT2D eigenvalue weighted by Crippen LogP contribution is 2.63. The lowest BCUT2D eigenvalue weighted by atomic mass is 10.0. The molecule has 3 unspecified atom stereocenters. The summed E-state index contributed by atoms with van der Waals surface area (Å²) in [5, 5.41) is 9.56. The molecule has 0 saturated carbocycles. The summed E-state index contributed by atoms with van der Waals surface area (Å²) in [6.45, 7) is 9.20. The molecule has 0 fully saturated rings. The molecule has 1 aromatic rings. The SMILES string of the molecule is CCCCC(CC)COP(=O)(OCC(CC)CCCC)C(CC(=O)O)c1ccccc1. The quantitative estimate of drug-likeness (QED) is 0.229. The van der Waals surface area contributed by atoms with Gasteiger partial charge in [0.1, 0.15) is 0 Å². The second kappa shape index (κ2) is 15.6. The number of rotatable bonds is 18. The van der Waals surface area contributed by atoms with Gasteiger partial charge in [-0.05, 0) is 30.2 Å². The minimum atomic E-state index is -3.68. The molecular formula is C25H43O5P. The molecule has 0 aromatic heterocycles. The van der Waals surface area contributed by atoms with E-state index in [4.69, 9.17) is 9.05 Å². The molecule has 1 N–H and O–H groups in total. The number of carboxylic acids is 1. The minimum absolute atomic E-state index is 0.279. The molecule has 6 heteroatoms. The van der Waals surface area contributed by atoms with Crippen LogP contribution in [0.3, 0.4) is 0 Å². The zero-order valence-electron chi connectivity index (χ0n) is 19.9. The number of carbonyl (C=O) groups is 1. The topological polar surface area (TPSA) is 72.8 Å². The monoisotopic (exact) mass is 454 g/mol. The normalized spacial score (nSPS) is 16.4. The first-order valence-corrected chi connectivity index (χ1v) is 13.7. The van der Waals surface area contributed by atoms with Crippen molar-refractivity contribution in [2.75, 3.05) is 13.2 Å². The number of hydrogen-bond donors (Lipinski definition) is 1. The Balaban J connectivity index is 3.12. The van der Waals surface area contributed by atoms with Gasteiger partial charge in [0, 0.05) is 0 Å². The van der Waals surface area contributed by atoms with E-state index < -0.39 is 19.2 Å². The van der Waals surface area contributed by atoms with E-state index in [0.717, 1.165) is 51.4 Å². The van der Waals surface area contributed by atoms with Crippen molar-refractivity contribution in [3.63, 3.8) is 0 Å². The van der Waals surface area contributed by atoms with Gasteiger partial charge >= 0.3 is 13.6 Å². The maximum absolute atomic E-state index is 14.1. The van der Waals surface area contributed by atoms with Crippen molar-refractivity contribution in [3.05, 3.63) is 35.9 Å². The highest BCUT2D eigenvalue weighted by atomic mass is 31.2. The first-order chi connectivity index (χ1) is 14.9. The third-order valence-electron chi connectivity index (χ3n) is 6.00. The van der Waals surface area contributed by atoms with Gasteiger partial charge in [0.05, 0.1) is 25.3 Å². The molecule has 1 aromatic carbocycles. The lowest BCUT2D eigenvalue weighted by molar-refractivity contribution is -0.137. The van der Waals surface area contributed by atoms with Gasteiger partial charge in [0.2, 0.25) is 0 Å². The van der Waals surface area contributed by atoms with Crippen molar-refractivity contribution in [1.82, 2.24) is 0 Å². The van der Waals surface area contributed by atoms with Crippen LogP contribution in [-0.4, -0.2) is 24.3 Å². The zero-order valence-corrected chi connectivity index (χ0v) is 20.8. The zero-order chi connectivity index (χ0) is 23.1. The van der Waals surface area contributed by atoms with Crippen molar-refractivity contribution in [1.29, 1.82) is 0 Å². The standard InChI is InChI=1S/C25H43O5P/c1-5-9-14-21(7-3)19-29-31(28,30-20-22(8-4)15-10-6-2)24(18-25(26)27)23-16-12-11-13-17-23/h11-13,16-17,21-22,24H,5-10,14-15,18-20H2,1-4H3,(H,26,27). The Bertz CT molecular complexity index is 625. The summed E-state index contributed by atoms with van der Waals surface area (Å²) in [4.78, 5) is 11.7. The Hall–Kier alpha value is -1.16. The molecule has 0 aliphatic heterocycles. The van der Waals surface area contributed by atoms with E-state index in [1.54, 1.807) is 0 Å². The predicted molar refractivity (Wildman–Crippen MR) is 128 cm³/mol. The molecule has 0 aliphatic rings. The van der Waals surface area contributed by atoms with Crippen LogP contribution in [-0.2, 0) is 18.4 Å². The smallest absolute Gasteiger partial charge is 0.338 e. The van der Waals surface area contributed by atoms with Crippen LogP contribution in [0.4, 0.5) is 0 Å². The van der Waals surface area contributed by atoms with Crippen LogP contribution in [0.25, 0.3) is 0 Å². The highest BCUT2D eigenvalue weighted by molar-refractivity contribution is 7.54. The number of carboxylic acid groups (broad SMARTS) is 1. The fraction of sp³-hybridized carbons (Fsp3) is 0.720. The van der Waals surface area contributed by atoms with E-state index in [-0.39, 0.29) is 6.42 Å². The van der Waals surface area contributed by atoms with Crippen molar-refractivity contribution in [2.45, 2.75) is 91.1 Å². The highest BCUT2D eigenvalue weighted by Gasteiger charge is 2.39. The predicted octanol–water partition coefficient (Wildman–Crippen LogP) is 7.86. The van der Waals surface area contributed by atoms with Crippen molar-refractivity contribution in [2.24, 2.45) is 11.8 Å². The molecular weight excluding hydrogens is 411 g/mol. The van der Waals surface area contributed by atoms with E-state index in [1.807, 2.05) is 30.3 Å². The number of benzene rings is 1. The second-order valence-corrected chi connectivity index (χ2v) is 10.7. The lowest BCUT2D eigenvalue weighted by Gasteiger charge is -2.29. The van der Waals surface area contributed by atoms with Gasteiger partial charge in [-0.2, -0.15) is 0 Å². The molecule has 0 radical (unpaired) electrons. The van der Waals surface area contributed by atoms with Gasteiger partial charge in [-0.15, -0.1) is 0 Å². The lowest BCUT2D eigenvalue weighted by Crippen LogP contribution is -2.17. The van der Waals surface area contributed by atoms with Gasteiger partial charge in [0.25, 0.3) is 0 Å². The van der Waals surface area contributed by atoms with E-state index in [2.05, 4.69) is 27.7 Å². The van der Waals surface area contributed by atoms with Gasteiger partial charge in [-0.3, -0.25) is 9.36 Å². The number of unbranched alkanes of at least 4 members (excludes halogenated alkanes) is 2. The summed E-state index contributed by atoms with van der Waals surface area (Å²) in [5.41, 5.74) is -0.116. The third kappa shape index (κ3) is 10.3. The van der Waals surface area contributed by atoms with Crippen molar-refractivity contribution >= 4 is 13.6 Å². The molecule has 5 nitrogen and oxygen atoms in total. The summed E-state index contributed by atoms with van der Waals surface area (Å²) in [5.74, 6) is -0.419. The Morgan fingerprint density at radius 2 is 1.39 bits per heavy atom. The number of aliphatic carboxylic acids is 1. The Labute approximate surface area is 189 Å². The molecule has 0 amide bonds. The molecule has 0 spiro atoms. The first-order valence-electron chi connectivity index (χ1n) is 12.1. The van der Waals surface area contributed by atoms with Crippen LogP contribution in [0.5, 0.6) is 0 Å². The van der Waals surface area contributed by atoms with Crippen LogP contribution in [0, 0.1) is 11.8 Å². The van der Waals surface area contributed by atoms with Gasteiger partial charge in [-0.1, -0.05) is 96.6 Å². The number of hydrogen-bond acceptors (Lipinski definition) is 4. The third-order valence-corrected chi connectivity index (χ3v) is 8.26. The second-order valence-electron chi connectivity index (χ2n) is 8.49. The summed E-state index contributed by atoms with van der Waals surface area (Å²) in [6.07, 6.45) is 8.01. The largest absolute Gasteiger partial charge is 0.481 e. The maximum atomic E-state index is 14.1. The molecule has 178 valence electrons. The van der Waals surface area contributed by atoms with E-state index in [0.29, 0.717) is 30.6 Å². The summed E-state index contributed by atoms with van der Waals surface area (Å²) in [7, 11) is -3.68. The fourth-order valence-electron chi connectivity index (χ4n) is 3.68. The average molecular weight is 455 g/mol. The summed E-state index contributed by atoms with van der Waals surface area (Å²) < 4.78 is 26.3. The fourth-order valence-corrected chi connectivity index (χ4v) is 5.87. The molecule has 0 saturated heterocycles. The van der Waals surface area contributed by atoms with E-state index in [9.17, 15) is 14.5 Å². The van der Waals surface area contributed by atoms with E-state index in [1.165, 1.54) is 0 Å². The first kappa shape index (κ1) is 27.9. The van der Waals surface area contributed by atoms with Crippen LogP contribution in [0.15, 0.2) is 30.3 Å². The average Bonchev–Trinajstić information content (AvgIpc) is 2.78. The molecule has 1 rings (SSSR count). The van der Waals surface area contributed by atoms with Crippen molar-refractivity contribution in [3.8, 4) is 0 Å². The molecule has 31 heavy (non-hydrogen) atoms. The van der Waals surface area contributed by atoms with Gasteiger partial charge < -0.3 is 14.2 Å².